The molecule has 24 heavy (non-hydrogen) atoms. The van der Waals surface area contributed by atoms with Gasteiger partial charge in [0.25, 0.3) is 0 Å². The van der Waals surface area contributed by atoms with Gasteiger partial charge in [0.05, 0.1) is 10.6 Å². The fraction of sp³-hybridized carbons (Fsp3) is 0.0588. The van der Waals surface area contributed by atoms with Crippen molar-refractivity contribution in [1.82, 2.24) is 9.78 Å². The number of benzene rings is 2. The van der Waals surface area contributed by atoms with E-state index in [9.17, 15) is 12.8 Å². The third-order valence-electron chi connectivity index (χ3n) is 3.48. The van der Waals surface area contributed by atoms with Crippen LogP contribution < -0.4 is 0 Å². The maximum Gasteiger partial charge on any atom is 0.175 e. The largest absolute Gasteiger partial charge is 0.229 e. The van der Waals surface area contributed by atoms with E-state index < -0.39 is 15.7 Å². The van der Waals surface area contributed by atoms with Gasteiger partial charge in [-0.2, -0.15) is 10.4 Å². The molecule has 0 unspecified atom stereocenters. The van der Waals surface area contributed by atoms with E-state index in [0.717, 1.165) is 6.26 Å². The molecule has 0 saturated heterocycles. The summed E-state index contributed by atoms with van der Waals surface area (Å²) >= 11 is 0. The SMILES string of the molecule is CS(=O)(=O)c1ccc(-c2cc(C#N)nn2-c2ccccc2F)cc1. The van der Waals surface area contributed by atoms with E-state index in [1.807, 2.05) is 6.07 Å². The van der Waals surface area contributed by atoms with Crippen LogP contribution in [0.5, 0.6) is 0 Å². The third-order valence-corrected chi connectivity index (χ3v) is 4.61. The molecule has 1 heterocycles. The van der Waals surface area contributed by atoms with Gasteiger partial charge in [-0.15, -0.1) is 0 Å². The average molecular weight is 341 g/mol. The first-order valence-electron chi connectivity index (χ1n) is 6.96. The number of hydrogen-bond donors (Lipinski definition) is 0. The van der Waals surface area contributed by atoms with Crippen molar-refractivity contribution >= 4 is 9.84 Å². The molecule has 0 aliphatic heterocycles. The molecule has 0 amide bonds. The topological polar surface area (TPSA) is 75.8 Å². The van der Waals surface area contributed by atoms with E-state index in [-0.39, 0.29) is 16.3 Å². The van der Waals surface area contributed by atoms with Gasteiger partial charge in [0, 0.05) is 17.9 Å². The van der Waals surface area contributed by atoms with Gasteiger partial charge in [0.15, 0.2) is 15.5 Å². The van der Waals surface area contributed by atoms with Gasteiger partial charge in [0.2, 0.25) is 0 Å². The lowest BCUT2D eigenvalue weighted by Crippen LogP contribution is -2.02. The molecular formula is C17H12FN3O2S. The number of para-hydroxylation sites is 1. The highest BCUT2D eigenvalue weighted by atomic mass is 32.2. The zero-order chi connectivity index (χ0) is 17.3. The lowest BCUT2D eigenvalue weighted by molar-refractivity contribution is 0.602. The third kappa shape index (κ3) is 2.92. The van der Waals surface area contributed by atoms with Crippen molar-refractivity contribution in [3.05, 3.63) is 66.1 Å². The summed E-state index contributed by atoms with van der Waals surface area (Å²) in [6, 6.07) is 15.7. The van der Waals surface area contributed by atoms with Crippen molar-refractivity contribution in [2.24, 2.45) is 0 Å². The molecular weight excluding hydrogens is 329 g/mol. The van der Waals surface area contributed by atoms with Gasteiger partial charge in [-0.1, -0.05) is 24.3 Å². The molecule has 0 saturated carbocycles. The minimum Gasteiger partial charge on any atom is -0.229 e. The fourth-order valence-corrected chi connectivity index (χ4v) is 2.95. The van der Waals surface area contributed by atoms with Crippen LogP contribution in [-0.2, 0) is 9.84 Å². The highest BCUT2D eigenvalue weighted by Gasteiger charge is 2.15. The molecule has 0 aliphatic carbocycles. The molecule has 0 bridgehead atoms. The van der Waals surface area contributed by atoms with Gasteiger partial charge < -0.3 is 0 Å². The quantitative estimate of drug-likeness (QED) is 0.734. The number of nitriles is 1. The molecule has 0 atom stereocenters. The van der Waals surface area contributed by atoms with Crippen LogP contribution in [0.3, 0.4) is 0 Å². The highest BCUT2D eigenvalue weighted by Crippen LogP contribution is 2.26. The van der Waals surface area contributed by atoms with Crippen LogP contribution >= 0.6 is 0 Å². The zero-order valence-electron chi connectivity index (χ0n) is 12.6. The summed E-state index contributed by atoms with van der Waals surface area (Å²) < 4.78 is 38.5. The number of sulfone groups is 1. The number of aromatic nitrogens is 2. The Morgan fingerprint density at radius 3 is 2.38 bits per heavy atom. The van der Waals surface area contributed by atoms with Crippen molar-refractivity contribution in [2.75, 3.05) is 6.26 Å². The smallest absolute Gasteiger partial charge is 0.175 e. The summed E-state index contributed by atoms with van der Waals surface area (Å²) in [5.74, 6) is -0.473. The van der Waals surface area contributed by atoms with E-state index in [0.29, 0.717) is 11.3 Å². The second-order valence-electron chi connectivity index (χ2n) is 5.19. The summed E-state index contributed by atoms with van der Waals surface area (Å²) in [5.41, 5.74) is 1.47. The lowest BCUT2D eigenvalue weighted by Gasteiger charge is -2.09. The summed E-state index contributed by atoms with van der Waals surface area (Å²) in [6.07, 6.45) is 1.12. The van der Waals surface area contributed by atoms with Crippen molar-refractivity contribution in [1.29, 1.82) is 5.26 Å². The Balaban J connectivity index is 2.17. The van der Waals surface area contributed by atoms with Crippen LogP contribution in [0, 0.1) is 17.1 Å². The first-order chi connectivity index (χ1) is 11.4. The van der Waals surface area contributed by atoms with Gasteiger partial charge in [-0.05, 0) is 24.3 Å². The Bertz CT molecular complexity index is 1050. The summed E-state index contributed by atoms with van der Waals surface area (Å²) in [4.78, 5) is 0.184. The van der Waals surface area contributed by atoms with Crippen LogP contribution in [0.1, 0.15) is 5.69 Å². The average Bonchev–Trinajstić information content (AvgIpc) is 2.99. The van der Waals surface area contributed by atoms with Crippen LogP contribution in [-0.4, -0.2) is 24.5 Å². The Labute approximate surface area is 138 Å². The molecule has 5 nitrogen and oxygen atoms in total. The van der Waals surface area contributed by atoms with E-state index in [1.54, 1.807) is 30.3 Å². The fourth-order valence-electron chi connectivity index (χ4n) is 2.32. The Kier molecular flexibility index (Phi) is 3.91. The molecule has 1 aromatic heterocycles. The molecule has 0 aliphatic rings. The van der Waals surface area contributed by atoms with Gasteiger partial charge >= 0.3 is 0 Å². The Morgan fingerprint density at radius 1 is 1.12 bits per heavy atom. The zero-order valence-corrected chi connectivity index (χ0v) is 13.5. The molecule has 2 aromatic carbocycles. The highest BCUT2D eigenvalue weighted by molar-refractivity contribution is 7.90. The first kappa shape index (κ1) is 15.9. The van der Waals surface area contributed by atoms with Gasteiger partial charge in [-0.25, -0.2) is 17.5 Å². The number of rotatable bonds is 3. The predicted molar refractivity (Wildman–Crippen MR) is 86.8 cm³/mol. The predicted octanol–water partition coefficient (Wildman–Crippen LogP) is 2.95. The molecule has 3 aromatic rings. The second-order valence-corrected chi connectivity index (χ2v) is 7.20. The summed E-state index contributed by atoms with van der Waals surface area (Å²) in [7, 11) is -3.30. The molecule has 0 radical (unpaired) electrons. The maximum atomic E-state index is 14.1. The van der Waals surface area contributed by atoms with Crippen LogP contribution in [0.2, 0.25) is 0 Å². The number of hydrogen-bond acceptors (Lipinski definition) is 4. The summed E-state index contributed by atoms with van der Waals surface area (Å²) in [5, 5.41) is 13.2. The molecule has 3 rings (SSSR count). The number of halogens is 1. The Hall–Kier alpha value is -2.98. The maximum absolute atomic E-state index is 14.1. The normalized spacial score (nSPS) is 11.2. The van der Waals surface area contributed by atoms with Crippen molar-refractivity contribution in [3.8, 4) is 23.0 Å². The van der Waals surface area contributed by atoms with E-state index in [1.165, 1.54) is 28.9 Å². The molecule has 0 fully saturated rings. The van der Waals surface area contributed by atoms with E-state index >= 15 is 0 Å². The van der Waals surface area contributed by atoms with Crippen LogP contribution in [0.4, 0.5) is 4.39 Å². The van der Waals surface area contributed by atoms with E-state index in [2.05, 4.69) is 5.10 Å². The Morgan fingerprint density at radius 2 is 1.79 bits per heavy atom. The lowest BCUT2D eigenvalue weighted by atomic mass is 10.1. The molecule has 7 heteroatoms. The van der Waals surface area contributed by atoms with Crippen LogP contribution in [0.15, 0.2) is 59.5 Å². The minimum absolute atomic E-state index is 0.139. The van der Waals surface area contributed by atoms with Crippen molar-refractivity contribution < 1.29 is 12.8 Å². The molecule has 0 spiro atoms. The standard InChI is InChI=1S/C17H12FN3O2S/c1-24(22,23)14-8-6-12(7-9-14)17-10-13(11-19)20-21(17)16-5-3-2-4-15(16)18/h2-10H,1H3. The first-order valence-corrected chi connectivity index (χ1v) is 8.85. The molecule has 0 N–H and O–H groups in total. The number of nitrogens with zero attached hydrogens (tertiary/aromatic N) is 3. The van der Waals surface area contributed by atoms with E-state index in [4.69, 9.17) is 5.26 Å². The van der Waals surface area contributed by atoms with Gasteiger partial charge in [0.1, 0.15) is 17.6 Å². The van der Waals surface area contributed by atoms with Gasteiger partial charge in [-0.3, -0.25) is 0 Å². The monoisotopic (exact) mass is 341 g/mol. The van der Waals surface area contributed by atoms with Crippen molar-refractivity contribution in [3.63, 3.8) is 0 Å². The van der Waals surface area contributed by atoms with Crippen molar-refractivity contribution in [2.45, 2.75) is 4.90 Å². The van der Waals surface area contributed by atoms with Crippen LogP contribution in [0.25, 0.3) is 16.9 Å². The molecule has 120 valence electrons. The second kappa shape index (κ2) is 5.91. The summed E-state index contributed by atoms with van der Waals surface area (Å²) in [6.45, 7) is 0. The minimum atomic E-state index is -3.30.